The molecule has 3 nitrogen and oxygen atoms in total. The molecule has 1 aliphatic heterocycles. The summed E-state index contributed by atoms with van der Waals surface area (Å²) in [6.45, 7) is 2.34. The minimum atomic E-state index is -0.267. The smallest absolute Gasteiger partial charge is 0.227 e. The molecule has 1 unspecified atom stereocenters. The van der Waals surface area contributed by atoms with Crippen LogP contribution in [0.4, 0.5) is 4.39 Å². The zero-order chi connectivity index (χ0) is 16.4. The molecule has 0 fully saturated rings. The Balaban J connectivity index is 1.62. The summed E-state index contributed by atoms with van der Waals surface area (Å²) in [4.78, 5) is 12.3. The van der Waals surface area contributed by atoms with Gasteiger partial charge < -0.3 is 10.1 Å². The monoisotopic (exact) mass is 333 g/mol. The number of hydrogen-bond acceptors (Lipinski definition) is 2. The first kappa shape index (κ1) is 15.8. The Hall–Kier alpha value is -2.07. The van der Waals surface area contributed by atoms with Crippen LogP contribution in [0.25, 0.3) is 0 Å². The number of carbonyl (C=O) groups is 1. The van der Waals surface area contributed by atoms with Gasteiger partial charge in [-0.3, -0.25) is 4.79 Å². The van der Waals surface area contributed by atoms with Gasteiger partial charge in [-0.25, -0.2) is 4.39 Å². The summed E-state index contributed by atoms with van der Waals surface area (Å²) in [7, 11) is 0. The van der Waals surface area contributed by atoms with E-state index in [1.54, 1.807) is 19.1 Å². The van der Waals surface area contributed by atoms with E-state index in [0.717, 1.165) is 16.9 Å². The lowest BCUT2D eigenvalue weighted by molar-refractivity contribution is -0.126. The van der Waals surface area contributed by atoms with Gasteiger partial charge >= 0.3 is 0 Å². The Bertz CT molecular complexity index is 748. The highest BCUT2D eigenvalue weighted by molar-refractivity contribution is 6.30. The number of benzene rings is 2. The van der Waals surface area contributed by atoms with Crippen LogP contribution in [0.3, 0.4) is 0 Å². The van der Waals surface area contributed by atoms with Crippen LogP contribution in [0.5, 0.6) is 5.75 Å². The highest BCUT2D eigenvalue weighted by Gasteiger charge is 2.26. The van der Waals surface area contributed by atoms with E-state index in [1.165, 1.54) is 6.07 Å². The number of aryl methyl sites for hydroxylation is 1. The first-order valence-corrected chi connectivity index (χ1v) is 7.84. The zero-order valence-electron chi connectivity index (χ0n) is 12.7. The molecule has 0 aliphatic carbocycles. The van der Waals surface area contributed by atoms with E-state index < -0.39 is 0 Å². The number of fused-ring (bicyclic) bond motifs is 1. The largest absolute Gasteiger partial charge is 0.492 e. The molecule has 5 heteroatoms. The van der Waals surface area contributed by atoms with Crippen LogP contribution in [0.1, 0.15) is 16.7 Å². The van der Waals surface area contributed by atoms with E-state index in [0.29, 0.717) is 30.2 Å². The molecule has 0 aromatic heterocycles. The second-order valence-electron chi connectivity index (χ2n) is 5.77. The number of ether oxygens (including phenoxy) is 1. The van der Waals surface area contributed by atoms with E-state index in [1.807, 2.05) is 18.2 Å². The van der Waals surface area contributed by atoms with E-state index in [4.69, 9.17) is 16.3 Å². The Morgan fingerprint density at radius 2 is 2.17 bits per heavy atom. The fourth-order valence-corrected chi connectivity index (χ4v) is 2.81. The van der Waals surface area contributed by atoms with Gasteiger partial charge in [0.05, 0.1) is 5.92 Å². The van der Waals surface area contributed by atoms with Crippen molar-refractivity contribution >= 4 is 17.5 Å². The number of halogens is 2. The lowest BCUT2D eigenvalue weighted by Gasteiger charge is -2.24. The molecule has 23 heavy (non-hydrogen) atoms. The van der Waals surface area contributed by atoms with Crippen molar-refractivity contribution < 1.29 is 13.9 Å². The van der Waals surface area contributed by atoms with Crippen molar-refractivity contribution in [1.29, 1.82) is 0 Å². The van der Waals surface area contributed by atoms with Gasteiger partial charge in [-0.1, -0.05) is 23.7 Å². The molecule has 0 radical (unpaired) electrons. The van der Waals surface area contributed by atoms with Gasteiger partial charge in [0.25, 0.3) is 0 Å². The Morgan fingerprint density at radius 1 is 1.35 bits per heavy atom. The van der Waals surface area contributed by atoms with Gasteiger partial charge in [-0.15, -0.1) is 0 Å². The molecule has 0 saturated heterocycles. The van der Waals surface area contributed by atoms with Crippen molar-refractivity contribution in [3.8, 4) is 5.75 Å². The fourth-order valence-electron chi connectivity index (χ4n) is 2.61. The minimum Gasteiger partial charge on any atom is -0.492 e. The molecule has 1 N–H and O–H groups in total. The predicted octanol–water partition coefficient (Wildman–Crippen LogP) is 3.66. The molecule has 3 rings (SSSR count). The summed E-state index contributed by atoms with van der Waals surface area (Å²) < 4.78 is 19.1. The number of nitrogens with one attached hydrogen (secondary N) is 1. The quantitative estimate of drug-likeness (QED) is 0.931. The van der Waals surface area contributed by atoms with Gasteiger partial charge in [0.1, 0.15) is 18.2 Å². The highest BCUT2D eigenvalue weighted by atomic mass is 35.5. The van der Waals surface area contributed by atoms with Crippen LogP contribution in [-0.4, -0.2) is 12.5 Å². The topological polar surface area (TPSA) is 38.3 Å². The lowest BCUT2D eigenvalue weighted by Crippen LogP contribution is -2.37. The predicted molar refractivity (Wildman–Crippen MR) is 87.1 cm³/mol. The van der Waals surface area contributed by atoms with Gasteiger partial charge in [-0.2, -0.15) is 0 Å². The van der Waals surface area contributed by atoms with Crippen LogP contribution in [0.15, 0.2) is 36.4 Å². The van der Waals surface area contributed by atoms with Crippen molar-refractivity contribution in [3.63, 3.8) is 0 Å². The molecule has 1 amide bonds. The van der Waals surface area contributed by atoms with E-state index in [-0.39, 0.29) is 17.6 Å². The summed E-state index contributed by atoms with van der Waals surface area (Å²) in [5, 5.41) is 3.47. The van der Waals surface area contributed by atoms with Gasteiger partial charge in [0.2, 0.25) is 5.91 Å². The van der Waals surface area contributed by atoms with Gasteiger partial charge in [0, 0.05) is 11.6 Å². The maximum Gasteiger partial charge on any atom is 0.227 e. The first-order chi connectivity index (χ1) is 11.0. The van der Waals surface area contributed by atoms with Crippen LogP contribution in [-0.2, 0) is 17.8 Å². The van der Waals surface area contributed by atoms with Crippen molar-refractivity contribution in [3.05, 3.63) is 63.9 Å². The van der Waals surface area contributed by atoms with Gasteiger partial charge in [0.15, 0.2) is 0 Å². The first-order valence-electron chi connectivity index (χ1n) is 7.47. The van der Waals surface area contributed by atoms with Crippen LogP contribution in [0.2, 0.25) is 5.02 Å². The lowest BCUT2D eigenvalue weighted by atomic mass is 9.96. The van der Waals surface area contributed by atoms with Crippen LogP contribution in [0, 0.1) is 18.7 Å². The summed E-state index contributed by atoms with van der Waals surface area (Å²) in [5.41, 5.74) is 2.26. The maximum absolute atomic E-state index is 13.5. The summed E-state index contributed by atoms with van der Waals surface area (Å²) >= 11 is 5.98. The number of hydrogen-bond donors (Lipinski definition) is 1. The summed E-state index contributed by atoms with van der Waals surface area (Å²) in [6, 6.07) is 10.4. The van der Waals surface area contributed by atoms with Crippen molar-refractivity contribution in [2.24, 2.45) is 5.92 Å². The molecule has 1 heterocycles. The molecule has 2 aromatic rings. The second-order valence-corrected chi connectivity index (χ2v) is 6.20. The fraction of sp³-hybridized carbons (Fsp3) is 0.278. The van der Waals surface area contributed by atoms with E-state index in [2.05, 4.69) is 5.32 Å². The number of rotatable bonds is 3. The maximum atomic E-state index is 13.5. The zero-order valence-corrected chi connectivity index (χ0v) is 13.5. The van der Waals surface area contributed by atoms with E-state index in [9.17, 15) is 9.18 Å². The molecule has 2 aromatic carbocycles. The third-order valence-electron chi connectivity index (χ3n) is 4.00. The van der Waals surface area contributed by atoms with Crippen LogP contribution < -0.4 is 10.1 Å². The SMILES string of the molecule is Cc1ccc(CNC(=O)C2COc3ccc(Cl)cc3C2)cc1F. The Labute approximate surface area is 139 Å². The molecule has 0 bridgehead atoms. The molecule has 1 aliphatic rings. The summed E-state index contributed by atoms with van der Waals surface area (Å²) in [5.74, 6) is 0.147. The minimum absolute atomic E-state index is 0.100. The van der Waals surface area contributed by atoms with E-state index >= 15 is 0 Å². The average molecular weight is 334 g/mol. The Morgan fingerprint density at radius 3 is 2.96 bits per heavy atom. The second kappa shape index (κ2) is 6.59. The average Bonchev–Trinajstić information content (AvgIpc) is 2.55. The summed E-state index contributed by atoms with van der Waals surface area (Å²) in [6.07, 6.45) is 0.587. The third-order valence-corrected chi connectivity index (χ3v) is 4.24. The normalized spacial score (nSPS) is 16.4. The van der Waals surface area contributed by atoms with Crippen molar-refractivity contribution in [1.82, 2.24) is 5.32 Å². The highest BCUT2D eigenvalue weighted by Crippen LogP contribution is 2.29. The molecular formula is C18H17ClFNO2. The van der Waals surface area contributed by atoms with Crippen molar-refractivity contribution in [2.75, 3.05) is 6.61 Å². The third kappa shape index (κ3) is 3.64. The Kier molecular flexibility index (Phi) is 4.53. The molecule has 1 atom stereocenters. The van der Waals surface area contributed by atoms with Gasteiger partial charge in [-0.05, 0) is 54.3 Å². The number of amides is 1. The number of carbonyl (C=O) groups excluding carboxylic acids is 1. The molecule has 0 spiro atoms. The molecule has 0 saturated carbocycles. The molecule has 120 valence electrons. The van der Waals surface area contributed by atoms with Crippen LogP contribution >= 0.6 is 11.6 Å². The standard InChI is InChI=1S/C18H17ClFNO2/c1-11-2-3-12(6-16(11)20)9-21-18(22)14-7-13-8-15(19)4-5-17(13)23-10-14/h2-6,8,14H,7,9-10H2,1H3,(H,21,22). The van der Waals surface area contributed by atoms with Crippen molar-refractivity contribution in [2.45, 2.75) is 19.9 Å². The molecular weight excluding hydrogens is 317 g/mol.